The number of halogens is 3. The average Bonchev–Trinajstić information content (AvgIpc) is 2.27. The molecule has 2 nitrogen and oxygen atoms in total. The lowest BCUT2D eigenvalue weighted by atomic mass is 10.1. The standard InChI is InChI=1S/C12H12F3NO/c1-3-6-16(2)10-5-4-9(8-17)11(7-10)12(13,14)15/h3-5,7-8H,1,6H2,2H3. The van der Waals surface area contributed by atoms with Gasteiger partial charge in [-0.15, -0.1) is 6.58 Å². The summed E-state index contributed by atoms with van der Waals surface area (Å²) in [6.07, 6.45) is -2.73. The lowest BCUT2D eigenvalue weighted by Crippen LogP contribution is -2.18. The zero-order valence-electron chi connectivity index (χ0n) is 9.29. The van der Waals surface area contributed by atoms with Crippen molar-refractivity contribution in [3.8, 4) is 0 Å². The second-order valence-corrected chi connectivity index (χ2v) is 3.56. The molecular formula is C12H12F3NO. The molecule has 0 atom stereocenters. The van der Waals surface area contributed by atoms with Gasteiger partial charge in [-0.05, 0) is 18.2 Å². The molecule has 1 aromatic carbocycles. The molecule has 0 saturated heterocycles. The summed E-state index contributed by atoms with van der Waals surface area (Å²) in [6.45, 7) is 3.94. The van der Waals surface area contributed by atoms with Crippen molar-refractivity contribution >= 4 is 12.0 Å². The van der Waals surface area contributed by atoms with Gasteiger partial charge >= 0.3 is 6.18 Å². The number of carbonyl (C=O) groups excluding carboxylic acids is 1. The molecular weight excluding hydrogens is 231 g/mol. The Morgan fingerprint density at radius 3 is 2.53 bits per heavy atom. The van der Waals surface area contributed by atoms with Crippen LogP contribution in [0.3, 0.4) is 0 Å². The Labute approximate surface area is 97.3 Å². The molecule has 0 radical (unpaired) electrons. The van der Waals surface area contributed by atoms with Crippen molar-refractivity contribution in [2.45, 2.75) is 6.18 Å². The van der Waals surface area contributed by atoms with E-state index in [1.165, 1.54) is 12.1 Å². The highest BCUT2D eigenvalue weighted by Gasteiger charge is 2.33. The Hall–Kier alpha value is -1.78. The molecule has 0 bridgehead atoms. The maximum absolute atomic E-state index is 12.7. The minimum Gasteiger partial charge on any atom is -0.371 e. The third kappa shape index (κ3) is 3.09. The van der Waals surface area contributed by atoms with Gasteiger partial charge in [-0.25, -0.2) is 0 Å². The second kappa shape index (κ2) is 5.03. The van der Waals surface area contributed by atoms with Crippen LogP contribution in [-0.2, 0) is 6.18 Å². The van der Waals surface area contributed by atoms with E-state index >= 15 is 0 Å². The van der Waals surface area contributed by atoms with E-state index in [0.717, 1.165) is 6.07 Å². The number of carbonyl (C=O) groups is 1. The quantitative estimate of drug-likeness (QED) is 0.598. The van der Waals surface area contributed by atoms with Crippen molar-refractivity contribution < 1.29 is 18.0 Å². The summed E-state index contributed by atoms with van der Waals surface area (Å²) in [7, 11) is 1.65. The second-order valence-electron chi connectivity index (χ2n) is 3.56. The highest BCUT2D eigenvalue weighted by molar-refractivity contribution is 5.79. The van der Waals surface area contributed by atoms with E-state index in [2.05, 4.69) is 6.58 Å². The van der Waals surface area contributed by atoms with Gasteiger partial charge in [0.15, 0.2) is 6.29 Å². The Bertz CT molecular complexity index is 426. The van der Waals surface area contributed by atoms with Crippen LogP contribution in [0.2, 0.25) is 0 Å². The zero-order chi connectivity index (χ0) is 13.1. The summed E-state index contributed by atoms with van der Waals surface area (Å²) < 4.78 is 38.0. The SMILES string of the molecule is C=CCN(C)c1ccc(C=O)c(C(F)(F)F)c1. The number of rotatable bonds is 4. The summed E-state index contributed by atoms with van der Waals surface area (Å²) in [4.78, 5) is 12.2. The maximum atomic E-state index is 12.7. The third-order valence-corrected chi connectivity index (χ3v) is 2.31. The molecule has 1 rings (SSSR count). The van der Waals surface area contributed by atoms with Gasteiger partial charge in [0.1, 0.15) is 0 Å². The summed E-state index contributed by atoms with van der Waals surface area (Å²) in [5.41, 5.74) is -0.878. The predicted molar refractivity (Wildman–Crippen MR) is 60.3 cm³/mol. The Morgan fingerprint density at radius 1 is 1.41 bits per heavy atom. The van der Waals surface area contributed by atoms with E-state index in [-0.39, 0.29) is 11.8 Å². The minimum atomic E-state index is -4.53. The van der Waals surface area contributed by atoms with E-state index in [4.69, 9.17) is 0 Å². The number of alkyl halides is 3. The van der Waals surface area contributed by atoms with E-state index in [0.29, 0.717) is 12.2 Å². The summed E-state index contributed by atoms with van der Waals surface area (Å²) in [5.74, 6) is 0. The fourth-order valence-electron chi connectivity index (χ4n) is 1.43. The topological polar surface area (TPSA) is 20.3 Å². The molecule has 1 aromatic rings. The maximum Gasteiger partial charge on any atom is 0.417 e. The van der Waals surface area contributed by atoms with E-state index < -0.39 is 11.7 Å². The van der Waals surface area contributed by atoms with E-state index in [1.807, 2.05) is 0 Å². The number of hydrogen-bond acceptors (Lipinski definition) is 2. The number of anilines is 1. The van der Waals surface area contributed by atoms with Crippen LogP contribution in [0.1, 0.15) is 15.9 Å². The van der Waals surface area contributed by atoms with Gasteiger partial charge < -0.3 is 4.90 Å². The highest BCUT2D eigenvalue weighted by atomic mass is 19.4. The normalized spacial score (nSPS) is 11.1. The Morgan fingerprint density at radius 2 is 2.06 bits per heavy atom. The first kappa shape index (κ1) is 13.3. The lowest BCUT2D eigenvalue weighted by Gasteiger charge is -2.19. The summed E-state index contributed by atoms with van der Waals surface area (Å²) in [6, 6.07) is 3.61. The van der Waals surface area contributed by atoms with E-state index in [1.54, 1.807) is 18.0 Å². The molecule has 0 heterocycles. The molecule has 0 fully saturated rings. The number of benzene rings is 1. The summed E-state index contributed by atoms with van der Waals surface area (Å²) in [5, 5.41) is 0. The van der Waals surface area contributed by atoms with Gasteiger partial charge in [0.2, 0.25) is 0 Å². The fraction of sp³-hybridized carbons (Fsp3) is 0.250. The molecule has 17 heavy (non-hydrogen) atoms. The van der Waals surface area contributed by atoms with Crippen LogP contribution in [0.4, 0.5) is 18.9 Å². The smallest absolute Gasteiger partial charge is 0.371 e. The van der Waals surface area contributed by atoms with Gasteiger partial charge in [0.25, 0.3) is 0 Å². The number of nitrogens with zero attached hydrogens (tertiary/aromatic N) is 1. The van der Waals surface area contributed by atoms with Gasteiger partial charge in [-0.2, -0.15) is 13.2 Å². The van der Waals surface area contributed by atoms with E-state index in [9.17, 15) is 18.0 Å². The zero-order valence-corrected chi connectivity index (χ0v) is 9.29. The van der Waals surface area contributed by atoms with Crippen molar-refractivity contribution in [1.82, 2.24) is 0 Å². The van der Waals surface area contributed by atoms with Crippen LogP contribution in [0.5, 0.6) is 0 Å². The third-order valence-electron chi connectivity index (χ3n) is 2.31. The molecule has 0 amide bonds. The van der Waals surface area contributed by atoms with Gasteiger partial charge in [-0.3, -0.25) is 4.79 Å². The largest absolute Gasteiger partial charge is 0.417 e. The van der Waals surface area contributed by atoms with Crippen molar-refractivity contribution in [3.63, 3.8) is 0 Å². The molecule has 0 unspecified atom stereocenters. The van der Waals surface area contributed by atoms with Crippen molar-refractivity contribution in [3.05, 3.63) is 42.0 Å². The Kier molecular flexibility index (Phi) is 3.93. The van der Waals surface area contributed by atoms with Gasteiger partial charge in [-0.1, -0.05) is 6.08 Å². The molecule has 0 aliphatic carbocycles. The average molecular weight is 243 g/mol. The summed E-state index contributed by atoms with van der Waals surface area (Å²) >= 11 is 0. The van der Waals surface area contributed by atoms with Gasteiger partial charge in [0, 0.05) is 24.8 Å². The van der Waals surface area contributed by atoms with Crippen LogP contribution in [0.25, 0.3) is 0 Å². The monoisotopic (exact) mass is 243 g/mol. The van der Waals surface area contributed by atoms with Gasteiger partial charge in [0.05, 0.1) is 5.56 Å². The molecule has 0 saturated carbocycles. The molecule has 0 aromatic heterocycles. The minimum absolute atomic E-state index is 0.208. The number of hydrogen-bond donors (Lipinski definition) is 0. The molecule has 0 spiro atoms. The van der Waals surface area contributed by atoms with Crippen LogP contribution in [0, 0.1) is 0 Å². The number of aldehydes is 1. The first-order valence-electron chi connectivity index (χ1n) is 4.88. The number of likely N-dealkylation sites (N-methyl/N-ethyl adjacent to an activating group) is 1. The van der Waals surface area contributed by atoms with Crippen molar-refractivity contribution in [2.24, 2.45) is 0 Å². The molecule has 0 aliphatic rings. The molecule has 0 aliphatic heterocycles. The highest BCUT2D eigenvalue weighted by Crippen LogP contribution is 2.33. The van der Waals surface area contributed by atoms with Crippen molar-refractivity contribution in [2.75, 3.05) is 18.5 Å². The first-order chi connectivity index (χ1) is 7.90. The van der Waals surface area contributed by atoms with Crippen LogP contribution >= 0.6 is 0 Å². The Balaban J connectivity index is 3.22. The molecule has 92 valence electrons. The molecule has 5 heteroatoms. The first-order valence-corrected chi connectivity index (χ1v) is 4.88. The van der Waals surface area contributed by atoms with Crippen LogP contribution < -0.4 is 4.90 Å². The predicted octanol–water partition coefficient (Wildman–Crippen LogP) is 3.14. The fourth-order valence-corrected chi connectivity index (χ4v) is 1.43. The van der Waals surface area contributed by atoms with Crippen molar-refractivity contribution in [1.29, 1.82) is 0 Å². The van der Waals surface area contributed by atoms with Crippen LogP contribution in [-0.4, -0.2) is 19.9 Å². The lowest BCUT2D eigenvalue weighted by molar-refractivity contribution is -0.137. The molecule has 0 N–H and O–H groups in total. The van der Waals surface area contributed by atoms with Crippen LogP contribution in [0.15, 0.2) is 30.9 Å².